The largest absolute Gasteiger partial charge is 0.465 e. The van der Waals surface area contributed by atoms with Gasteiger partial charge in [0.05, 0.1) is 28.2 Å². The number of nitro groups is 1. The van der Waals surface area contributed by atoms with Crippen molar-refractivity contribution in [1.29, 1.82) is 0 Å². The third kappa shape index (κ3) is 2.62. The van der Waals surface area contributed by atoms with Crippen molar-refractivity contribution in [3.8, 4) is 11.1 Å². The Labute approximate surface area is 119 Å². The maximum Gasteiger partial charge on any atom is 0.339 e. The Kier molecular flexibility index (Phi) is 4.00. The molecule has 0 aliphatic carbocycles. The van der Waals surface area contributed by atoms with E-state index in [-0.39, 0.29) is 16.3 Å². The van der Waals surface area contributed by atoms with Gasteiger partial charge in [-0.05, 0) is 23.8 Å². The first-order chi connectivity index (χ1) is 9.54. The molecule has 6 heteroatoms. The second-order valence-electron chi connectivity index (χ2n) is 3.96. The highest BCUT2D eigenvalue weighted by atomic mass is 35.5. The summed E-state index contributed by atoms with van der Waals surface area (Å²) in [4.78, 5) is 22.0. The van der Waals surface area contributed by atoms with Gasteiger partial charge >= 0.3 is 5.97 Å². The van der Waals surface area contributed by atoms with Gasteiger partial charge in [-0.2, -0.15) is 0 Å². The molecule has 20 heavy (non-hydrogen) atoms. The molecule has 0 spiro atoms. The second-order valence-corrected chi connectivity index (χ2v) is 4.37. The molecule has 0 atom stereocenters. The van der Waals surface area contributed by atoms with E-state index >= 15 is 0 Å². The maximum absolute atomic E-state index is 11.4. The fraction of sp³-hybridized carbons (Fsp3) is 0.0714. The minimum atomic E-state index is -0.552. The number of carbonyl (C=O) groups excluding carboxylic acids is 1. The number of esters is 1. The van der Waals surface area contributed by atoms with Crippen molar-refractivity contribution in [2.24, 2.45) is 0 Å². The molecular formula is C14H10ClNO4. The summed E-state index contributed by atoms with van der Waals surface area (Å²) >= 11 is 6.01. The second kappa shape index (κ2) is 5.71. The van der Waals surface area contributed by atoms with Gasteiger partial charge in [-0.15, -0.1) is 0 Å². The summed E-state index contributed by atoms with van der Waals surface area (Å²) in [5.74, 6) is -0.552. The zero-order valence-corrected chi connectivity index (χ0v) is 11.3. The number of rotatable bonds is 3. The van der Waals surface area contributed by atoms with E-state index in [1.807, 2.05) is 0 Å². The van der Waals surface area contributed by atoms with Crippen molar-refractivity contribution in [3.63, 3.8) is 0 Å². The quantitative estimate of drug-likeness (QED) is 0.491. The molecule has 0 aliphatic rings. The average molecular weight is 292 g/mol. The molecule has 0 fully saturated rings. The molecule has 2 aromatic carbocycles. The van der Waals surface area contributed by atoms with E-state index in [4.69, 9.17) is 11.6 Å². The first-order valence-corrected chi connectivity index (χ1v) is 6.04. The standard InChI is InChI=1S/C14H10ClNO4/c1-20-14(17)11-7-6-9(8-12(11)15)10-4-2-3-5-13(10)16(18)19/h2-8H,1H3. The van der Waals surface area contributed by atoms with Crippen LogP contribution in [0.15, 0.2) is 42.5 Å². The van der Waals surface area contributed by atoms with Crippen LogP contribution in [0, 0.1) is 10.1 Å². The summed E-state index contributed by atoms with van der Waals surface area (Å²) in [5, 5.41) is 11.2. The monoisotopic (exact) mass is 291 g/mol. The van der Waals surface area contributed by atoms with E-state index in [0.29, 0.717) is 11.1 Å². The minimum absolute atomic E-state index is 0.0191. The Hall–Kier alpha value is -2.40. The summed E-state index contributed by atoms with van der Waals surface area (Å²) in [6.45, 7) is 0. The molecule has 0 heterocycles. The molecule has 0 N–H and O–H groups in total. The maximum atomic E-state index is 11.4. The highest BCUT2D eigenvalue weighted by molar-refractivity contribution is 6.33. The molecule has 0 aliphatic heterocycles. The van der Waals surface area contributed by atoms with E-state index in [0.717, 1.165) is 0 Å². The fourth-order valence-corrected chi connectivity index (χ4v) is 2.09. The number of hydrogen-bond acceptors (Lipinski definition) is 4. The van der Waals surface area contributed by atoms with Crippen molar-refractivity contribution >= 4 is 23.3 Å². The van der Waals surface area contributed by atoms with Crippen molar-refractivity contribution in [1.82, 2.24) is 0 Å². The normalized spacial score (nSPS) is 10.1. The molecule has 0 amide bonds. The van der Waals surface area contributed by atoms with Crippen LogP contribution in [-0.4, -0.2) is 18.0 Å². The third-order valence-corrected chi connectivity index (χ3v) is 3.10. The first-order valence-electron chi connectivity index (χ1n) is 5.66. The van der Waals surface area contributed by atoms with Gasteiger partial charge in [-0.3, -0.25) is 10.1 Å². The number of carbonyl (C=O) groups is 1. The van der Waals surface area contributed by atoms with Crippen LogP contribution in [0.4, 0.5) is 5.69 Å². The minimum Gasteiger partial charge on any atom is -0.465 e. The lowest BCUT2D eigenvalue weighted by molar-refractivity contribution is -0.384. The van der Waals surface area contributed by atoms with Crippen LogP contribution in [0.25, 0.3) is 11.1 Å². The van der Waals surface area contributed by atoms with Gasteiger partial charge in [-0.1, -0.05) is 29.8 Å². The number of methoxy groups -OCH3 is 1. The predicted molar refractivity (Wildman–Crippen MR) is 74.9 cm³/mol. The van der Waals surface area contributed by atoms with E-state index in [1.165, 1.54) is 25.3 Å². The van der Waals surface area contributed by atoms with E-state index < -0.39 is 10.9 Å². The number of ether oxygens (including phenoxy) is 1. The van der Waals surface area contributed by atoms with Crippen LogP contribution in [0.1, 0.15) is 10.4 Å². The molecular weight excluding hydrogens is 282 g/mol. The molecule has 0 bridgehead atoms. The highest BCUT2D eigenvalue weighted by Crippen LogP contribution is 2.32. The number of halogens is 1. The molecule has 0 saturated heterocycles. The van der Waals surface area contributed by atoms with Gasteiger partial charge in [0, 0.05) is 6.07 Å². The molecule has 2 rings (SSSR count). The van der Waals surface area contributed by atoms with Crippen LogP contribution in [0.5, 0.6) is 0 Å². The van der Waals surface area contributed by atoms with Crippen LogP contribution in [0.2, 0.25) is 5.02 Å². The Morgan fingerprint density at radius 1 is 1.25 bits per heavy atom. The molecule has 0 aromatic heterocycles. The Morgan fingerprint density at radius 2 is 1.95 bits per heavy atom. The lowest BCUT2D eigenvalue weighted by Gasteiger charge is -2.06. The van der Waals surface area contributed by atoms with Crippen molar-refractivity contribution in [3.05, 3.63) is 63.2 Å². The smallest absolute Gasteiger partial charge is 0.339 e. The number of nitro benzene ring substituents is 1. The Balaban J connectivity index is 2.53. The Bertz CT molecular complexity index is 685. The summed E-state index contributed by atoms with van der Waals surface area (Å²) in [7, 11) is 1.26. The molecule has 5 nitrogen and oxygen atoms in total. The number of para-hydroxylation sites is 1. The topological polar surface area (TPSA) is 69.4 Å². The van der Waals surface area contributed by atoms with Crippen LogP contribution in [0.3, 0.4) is 0 Å². The van der Waals surface area contributed by atoms with Gasteiger partial charge in [-0.25, -0.2) is 4.79 Å². The molecule has 102 valence electrons. The molecule has 0 unspecified atom stereocenters. The first kappa shape index (κ1) is 14.0. The molecule has 2 aromatic rings. The van der Waals surface area contributed by atoms with Gasteiger partial charge in [0.25, 0.3) is 5.69 Å². The van der Waals surface area contributed by atoms with E-state index in [1.54, 1.807) is 24.3 Å². The summed E-state index contributed by atoms with van der Waals surface area (Å²) in [6.07, 6.45) is 0. The van der Waals surface area contributed by atoms with Crippen LogP contribution in [-0.2, 0) is 4.74 Å². The zero-order chi connectivity index (χ0) is 14.7. The SMILES string of the molecule is COC(=O)c1ccc(-c2ccccc2[N+](=O)[O-])cc1Cl. The molecule has 0 saturated carbocycles. The predicted octanol–water partition coefficient (Wildman–Crippen LogP) is 3.70. The third-order valence-electron chi connectivity index (χ3n) is 2.79. The molecule has 0 radical (unpaired) electrons. The lowest BCUT2D eigenvalue weighted by Crippen LogP contribution is -2.02. The lowest BCUT2D eigenvalue weighted by atomic mass is 10.0. The van der Waals surface area contributed by atoms with E-state index in [9.17, 15) is 14.9 Å². The zero-order valence-electron chi connectivity index (χ0n) is 10.5. The average Bonchev–Trinajstić information content (AvgIpc) is 2.46. The van der Waals surface area contributed by atoms with Crippen LogP contribution >= 0.6 is 11.6 Å². The summed E-state index contributed by atoms with van der Waals surface area (Å²) < 4.78 is 4.59. The van der Waals surface area contributed by atoms with Gasteiger partial charge in [0.1, 0.15) is 0 Å². The van der Waals surface area contributed by atoms with Crippen molar-refractivity contribution < 1.29 is 14.5 Å². The van der Waals surface area contributed by atoms with Gasteiger partial charge in [0.2, 0.25) is 0 Å². The van der Waals surface area contributed by atoms with Crippen molar-refractivity contribution in [2.45, 2.75) is 0 Å². The van der Waals surface area contributed by atoms with Crippen molar-refractivity contribution in [2.75, 3.05) is 7.11 Å². The Morgan fingerprint density at radius 3 is 2.55 bits per heavy atom. The van der Waals surface area contributed by atoms with Gasteiger partial charge in [0.15, 0.2) is 0 Å². The number of hydrogen-bond donors (Lipinski definition) is 0. The van der Waals surface area contributed by atoms with Gasteiger partial charge < -0.3 is 4.74 Å². The van der Waals surface area contributed by atoms with E-state index in [2.05, 4.69) is 4.74 Å². The highest BCUT2D eigenvalue weighted by Gasteiger charge is 2.17. The fourth-order valence-electron chi connectivity index (χ4n) is 1.84. The van der Waals surface area contributed by atoms with Crippen LogP contribution < -0.4 is 0 Å². The number of benzene rings is 2. The number of nitrogens with zero attached hydrogens (tertiary/aromatic N) is 1. The summed E-state index contributed by atoms with van der Waals surface area (Å²) in [6, 6.07) is 10.9. The summed E-state index contributed by atoms with van der Waals surface area (Å²) in [5.41, 5.74) is 1.21.